The quantitative estimate of drug-likeness (QED) is 0.207. The molecule has 3 aromatic heterocycles. The van der Waals surface area contributed by atoms with E-state index < -0.39 is 0 Å². The number of benzene rings is 1. The summed E-state index contributed by atoms with van der Waals surface area (Å²) >= 11 is -0.162. The van der Waals surface area contributed by atoms with Crippen LogP contribution in [0.4, 0.5) is 11.4 Å². The van der Waals surface area contributed by atoms with Crippen LogP contribution in [0.5, 0.6) is 0 Å². The Balaban J connectivity index is 1.48. The van der Waals surface area contributed by atoms with E-state index in [1.807, 2.05) is 58.3 Å². The first-order valence-corrected chi connectivity index (χ1v) is 13.9. The predicted octanol–water partition coefficient (Wildman–Crippen LogP) is 3.09. The van der Waals surface area contributed by atoms with Crippen molar-refractivity contribution in [3.8, 4) is 0 Å². The first-order chi connectivity index (χ1) is 17.5. The van der Waals surface area contributed by atoms with Crippen molar-refractivity contribution in [2.75, 3.05) is 23.4 Å². The van der Waals surface area contributed by atoms with Gasteiger partial charge >= 0.3 is 0 Å². The van der Waals surface area contributed by atoms with Gasteiger partial charge in [-0.2, -0.15) is 0 Å². The van der Waals surface area contributed by atoms with Crippen LogP contribution in [-0.2, 0) is 40.8 Å². The SMILES string of the molecule is CN1I=CN=C1CN(Cc1nccn1C)c1cccc(N(Cc2nccn2C)Cc2nccn2C)c1. The van der Waals surface area contributed by atoms with Crippen molar-refractivity contribution < 1.29 is 0 Å². The fourth-order valence-electron chi connectivity index (χ4n) is 4.11. The minimum atomic E-state index is -0.162. The van der Waals surface area contributed by atoms with Crippen molar-refractivity contribution in [3.63, 3.8) is 0 Å². The molecule has 0 aliphatic carbocycles. The van der Waals surface area contributed by atoms with E-state index in [-0.39, 0.29) is 21.0 Å². The van der Waals surface area contributed by atoms with Crippen LogP contribution in [0.1, 0.15) is 17.5 Å². The summed E-state index contributed by atoms with van der Waals surface area (Å²) in [5.41, 5.74) is 2.24. The summed E-state index contributed by atoms with van der Waals surface area (Å²) in [6.07, 6.45) is 11.5. The third-order valence-corrected chi connectivity index (χ3v) is 8.32. The molecule has 0 saturated heterocycles. The molecule has 36 heavy (non-hydrogen) atoms. The molecule has 1 aliphatic heterocycles. The van der Waals surface area contributed by atoms with Gasteiger partial charge in [0.25, 0.3) is 0 Å². The van der Waals surface area contributed by atoms with Crippen molar-refractivity contribution >= 4 is 42.4 Å². The number of rotatable bonds is 10. The third kappa shape index (κ3) is 5.35. The van der Waals surface area contributed by atoms with Crippen molar-refractivity contribution in [3.05, 3.63) is 78.9 Å². The molecule has 0 N–H and O–H groups in total. The molecule has 0 radical (unpaired) electrons. The zero-order chi connectivity index (χ0) is 25.1. The number of imidazole rings is 3. The second kappa shape index (κ2) is 10.6. The standard InChI is InChI=1S/C25H31IN10/c1-31-11-8-27-22(31)15-35(16-23-28-9-12-32(23)2)20-6-5-7-21(14-20)36(17-24-29-10-13-33(24)3)18-25-30-19-26-34(25)4/h5-14,19H,15-18H2,1-4H3. The summed E-state index contributed by atoms with van der Waals surface area (Å²) in [7, 11) is 8.23. The Kier molecular flexibility index (Phi) is 7.16. The summed E-state index contributed by atoms with van der Waals surface area (Å²) in [6.45, 7) is 2.76. The lowest BCUT2D eigenvalue weighted by molar-refractivity contribution is 0.676. The smallest absolute Gasteiger partial charge is 0.132 e. The predicted molar refractivity (Wildman–Crippen MR) is 152 cm³/mol. The molecule has 10 nitrogen and oxygen atoms in total. The number of hydrogen-bond donors (Lipinski definition) is 0. The van der Waals surface area contributed by atoms with Gasteiger partial charge in [0.05, 0.1) is 30.3 Å². The molecule has 0 unspecified atom stereocenters. The first kappa shape index (κ1) is 24.2. The third-order valence-electron chi connectivity index (χ3n) is 6.40. The molecule has 0 fully saturated rings. The van der Waals surface area contributed by atoms with Crippen LogP contribution in [0.15, 0.2) is 66.4 Å². The number of likely N-dealkylation sites (N-methyl/N-ethyl adjacent to an activating group) is 1. The molecular weight excluding hydrogens is 567 g/mol. The first-order valence-electron chi connectivity index (χ1n) is 11.7. The Morgan fingerprint density at radius 2 is 1.17 bits per heavy atom. The molecule has 5 rings (SSSR count). The van der Waals surface area contributed by atoms with Crippen LogP contribution in [0.3, 0.4) is 0 Å². The Bertz CT molecular complexity index is 1340. The van der Waals surface area contributed by atoms with Crippen LogP contribution in [0.25, 0.3) is 0 Å². The normalized spacial score (nSPS) is 13.1. The molecule has 0 bridgehead atoms. The molecular formula is C25H31IN10. The largest absolute Gasteiger partial charge is 0.357 e. The monoisotopic (exact) mass is 598 g/mol. The number of aliphatic imine (C=N–C) groups is 1. The molecule has 4 aromatic rings. The minimum absolute atomic E-state index is 0.162. The minimum Gasteiger partial charge on any atom is -0.357 e. The molecule has 0 saturated carbocycles. The van der Waals surface area contributed by atoms with Crippen molar-refractivity contribution in [2.45, 2.75) is 19.6 Å². The number of nitrogens with zero attached hydrogens (tertiary/aromatic N) is 10. The van der Waals surface area contributed by atoms with Crippen molar-refractivity contribution in [1.82, 2.24) is 31.8 Å². The number of anilines is 2. The van der Waals surface area contributed by atoms with Gasteiger partial charge in [0.2, 0.25) is 0 Å². The summed E-state index contributed by atoms with van der Waals surface area (Å²) in [5.74, 6) is 4.11. The second-order valence-electron chi connectivity index (χ2n) is 8.81. The molecule has 0 atom stereocenters. The van der Waals surface area contributed by atoms with Gasteiger partial charge < -0.3 is 26.6 Å². The number of amidine groups is 1. The van der Waals surface area contributed by atoms with Crippen molar-refractivity contribution in [1.29, 1.82) is 0 Å². The molecule has 1 aliphatic rings. The van der Waals surface area contributed by atoms with Crippen LogP contribution < -0.4 is 9.80 Å². The Labute approximate surface area is 221 Å². The van der Waals surface area contributed by atoms with Crippen LogP contribution in [-0.4, -0.2) is 55.3 Å². The van der Waals surface area contributed by atoms with E-state index in [2.05, 4.69) is 82.0 Å². The average Bonchev–Trinajstić information content (AvgIpc) is 3.66. The fourth-order valence-corrected chi connectivity index (χ4v) is 5.53. The fraction of sp³-hybridized carbons (Fsp3) is 0.320. The van der Waals surface area contributed by atoms with E-state index in [9.17, 15) is 0 Å². The highest BCUT2D eigenvalue weighted by Gasteiger charge is 2.19. The van der Waals surface area contributed by atoms with E-state index in [1.54, 1.807) is 0 Å². The van der Waals surface area contributed by atoms with E-state index in [0.29, 0.717) is 19.6 Å². The van der Waals surface area contributed by atoms with Crippen LogP contribution >= 0.6 is 21.0 Å². The maximum Gasteiger partial charge on any atom is 0.132 e. The Morgan fingerprint density at radius 3 is 1.56 bits per heavy atom. The molecule has 1 aromatic carbocycles. The lowest BCUT2D eigenvalue weighted by Crippen LogP contribution is -2.34. The summed E-state index contributed by atoms with van der Waals surface area (Å²) in [6, 6.07) is 8.70. The van der Waals surface area contributed by atoms with Gasteiger partial charge in [-0.25, -0.2) is 19.9 Å². The number of aryl methyl sites for hydroxylation is 3. The molecule has 4 heterocycles. The van der Waals surface area contributed by atoms with Crippen LogP contribution in [0.2, 0.25) is 0 Å². The highest BCUT2D eigenvalue weighted by Crippen LogP contribution is 2.27. The highest BCUT2D eigenvalue weighted by molar-refractivity contribution is 14.2. The van der Waals surface area contributed by atoms with E-state index in [1.165, 1.54) is 0 Å². The van der Waals surface area contributed by atoms with E-state index in [0.717, 1.165) is 41.2 Å². The number of aromatic nitrogens is 6. The summed E-state index contributed by atoms with van der Waals surface area (Å²) in [4.78, 5) is 23.1. The second-order valence-corrected chi connectivity index (χ2v) is 11.4. The average molecular weight is 598 g/mol. The number of hydrogen-bond acceptors (Lipinski definition) is 7. The van der Waals surface area contributed by atoms with Gasteiger partial charge in [-0.1, -0.05) is 6.07 Å². The zero-order valence-electron chi connectivity index (χ0n) is 21.0. The van der Waals surface area contributed by atoms with Gasteiger partial charge in [-0.3, -0.25) is 0 Å². The molecule has 11 heteroatoms. The van der Waals surface area contributed by atoms with Gasteiger partial charge in [-0.05, 0) is 18.2 Å². The molecule has 188 valence electrons. The Hall–Kier alpha value is -3.48. The highest BCUT2D eigenvalue weighted by atomic mass is 127. The molecule has 0 amide bonds. The number of halogens is 1. The van der Waals surface area contributed by atoms with Crippen molar-refractivity contribution in [2.24, 2.45) is 26.1 Å². The summed E-state index contributed by atoms with van der Waals surface area (Å²) in [5, 5.41) is 0. The zero-order valence-corrected chi connectivity index (χ0v) is 23.2. The van der Waals surface area contributed by atoms with Crippen LogP contribution in [0, 0.1) is 0 Å². The summed E-state index contributed by atoms with van der Waals surface area (Å²) < 4.78 is 10.6. The Morgan fingerprint density at radius 1 is 0.694 bits per heavy atom. The van der Waals surface area contributed by atoms with Gasteiger partial charge in [-0.15, -0.1) is 0 Å². The lowest BCUT2D eigenvalue weighted by Gasteiger charge is -2.29. The van der Waals surface area contributed by atoms with E-state index >= 15 is 0 Å². The maximum absolute atomic E-state index is 4.68. The van der Waals surface area contributed by atoms with E-state index in [4.69, 9.17) is 0 Å². The van der Waals surface area contributed by atoms with Gasteiger partial charge in [0.15, 0.2) is 0 Å². The van der Waals surface area contributed by atoms with Gasteiger partial charge in [0, 0.05) is 97.8 Å². The maximum atomic E-state index is 4.68. The topological polar surface area (TPSA) is 75.5 Å². The molecule has 0 spiro atoms. The lowest BCUT2D eigenvalue weighted by atomic mass is 10.2. The van der Waals surface area contributed by atoms with Gasteiger partial charge in [0.1, 0.15) is 23.3 Å².